The number of rotatable bonds is 1. The third-order valence-corrected chi connectivity index (χ3v) is 3.76. The van der Waals surface area contributed by atoms with E-state index in [1.54, 1.807) is 0 Å². The number of anilines is 1. The lowest BCUT2D eigenvalue weighted by Gasteiger charge is -2.38. The smallest absolute Gasteiger partial charge is 0.0757 e. The van der Waals surface area contributed by atoms with Crippen molar-refractivity contribution in [3.8, 4) is 0 Å². The monoisotopic (exact) mass is 206 g/mol. The molecule has 4 heteroatoms. The van der Waals surface area contributed by atoms with Gasteiger partial charge in [-0.05, 0) is 25.7 Å². The molecule has 2 aliphatic rings. The highest BCUT2D eigenvalue weighted by Gasteiger charge is 2.39. The number of nitrogens with two attached hydrogens (primary N) is 1. The van der Waals surface area contributed by atoms with Gasteiger partial charge in [0.2, 0.25) is 0 Å². The molecule has 82 valence electrons. The minimum Gasteiger partial charge on any atom is -0.363 e. The number of nitrogens with zero attached hydrogens (tertiary/aromatic N) is 3. The van der Waals surface area contributed by atoms with Gasteiger partial charge < -0.3 is 10.6 Å². The summed E-state index contributed by atoms with van der Waals surface area (Å²) in [7, 11) is 1.97. The third kappa shape index (κ3) is 1.44. The second-order valence-electron chi connectivity index (χ2n) is 4.90. The number of hydrogen-bond acceptors (Lipinski definition) is 3. The summed E-state index contributed by atoms with van der Waals surface area (Å²) in [6.45, 7) is 0. The Morgan fingerprint density at radius 3 is 2.53 bits per heavy atom. The van der Waals surface area contributed by atoms with Crippen LogP contribution in [0.15, 0.2) is 12.4 Å². The van der Waals surface area contributed by atoms with E-state index in [0.717, 1.165) is 12.8 Å². The van der Waals surface area contributed by atoms with Crippen LogP contribution in [0, 0.1) is 0 Å². The molecule has 1 aromatic rings. The second kappa shape index (κ2) is 3.23. The molecule has 4 nitrogen and oxygen atoms in total. The molecule has 0 spiro atoms. The summed E-state index contributed by atoms with van der Waals surface area (Å²) in [4.78, 5) is 2.54. The van der Waals surface area contributed by atoms with E-state index in [0.29, 0.717) is 18.1 Å². The Hall–Kier alpha value is -1.03. The maximum Gasteiger partial charge on any atom is 0.0757 e. The first kappa shape index (κ1) is 9.21. The normalized spacial score (nSPS) is 34.8. The van der Waals surface area contributed by atoms with Gasteiger partial charge in [0, 0.05) is 31.4 Å². The number of hydrogen-bond donors (Lipinski definition) is 1. The van der Waals surface area contributed by atoms with Crippen LogP contribution in [0.25, 0.3) is 0 Å². The van der Waals surface area contributed by atoms with Crippen molar-refractivity contribution in [2.24, 2.45) is 12.8 Å². The number of fused-ring (bicyclic) bond motifs is 2. The molecular formula is C11H18N4. The Morgan fingerprint density at radius 1 is 1.33 bits per heavy atom. The molecule has 0 saturated carbocycles. The summed E-state index contributed by atoms with van der Waals surface area (Å²) in [5.74, 6) is 0. The van der Waals surface area contributed by atoms with E-state index in [2.05, 4.69) is 16.2 Å². The second-order valence-corrected chi connectivity index (χ2v) is 4.90. The van der Waals surface area contributed by atoms with Crippen LogP contribution in [-0.2, 0) is 7.05 Å². The van der Waals surface area contributed by atoms with Crippen molar-refractivity contribution in [1.82, 2.24) is 9.78 Å². The Kier molecular flexibility index (Phi) is 1.99. The molecule has 1 aromatic heterocycles. The van der Waals surface area contributed by atoms with E-state index in [-0.39, 0.29) is 0 Å². The average molecular weight is 206 g/mol. The molecule has 2 bridgehead atoms. The predicted octanol–water partition coefficient (Wildman–Crippen LogP) is 0.879. The van der Waals surface area contributed by atoms with Crippen LogP contribution in [0.3, 0.4) is 0 Å². The molecule has 2 fully saturated rings. The maximum atomic E-state index is 6.05. The minimum absolute atomic E-state index is 0.412. The highest BCUT2D eigenvalue weighted by Crippen LogP contribution is 2.38. The van der Waals surface area contributed by atoms with Gasteiger partial charge >= 0.3 is 0 Å². The lowest BCUT2D eigenvalue weighted by Crippen LogP contribution is -2.47. The average Bonchev–Trinajstić information content (AvgIpc) is 2.69. The molecule has 0 radical (unpaired) electrons. The van der Waals surface area contributed by atoms with Crippen molar-refractivity contribution in [1.29, 1.82) is 0 Å². The van der Waals surface area contributed by atoms with E-state index in [1.165, 1.54) is 18.5 Å². The predicted molar refractivity (Wildman–Crippen MR) is 59.7 cm³/mol. The number of piperidine rings is 1. The fourth-order valence-electron chi connectivity index (χ4n) is 3.18. The van der Waals surface area contributed by atoms with E-state index in [1.807, 2.05) is 17.9 Å². The fourth-order valence-corrected chi connectivity index (χ4v) is 3.18. The van der Waals surface area contributed by atoms with Gasteiger partial charge in [-0.15, -0.1) is 0 Å². The van der Waals surface area contributed by atoms with E-state index >= 15 is 0 Å². The van der Waals surface area contributed by atoms with Crippen molar-refractivity contribution < 1.29 is 0 Å². The molecule has 3 heterocycles. The van der Waals surface area contributed by atoms with Crippen molar-refractivity contribution in [2.75, 3.05) is 4.90 Å². The minimum atomic E-state index is 0.412. The zero-order chi connectivity index (χ0) is 10.4. The Labute approximate surface area is 90.0 Å². The van der Waals surface area contributed by atoms with Crippen molar-refractivity contribution in [2.45, 2.75) is 43.8 Å². The molecule has 2 aliphatic heterocycles. The van der Waals surface area contributed by atoms with Crippen LogP contribution in [0.2, 0.25) is 0 Å². The summed E-state index contributed by atoms with van der Waals surface area (Å²) in [5.41, 5.74) is 7.33. The topological polar surface area (TPSA) is 47.1 Å². The van der Waals surface area contributed by atoms with Gasteiger partial charge in [-0.25, -0.2) is 0 Å². The van der Waals surface area contributed by atoms with E-state index < -0.39 is 0 Å². The van der Waals surface area contributed by atoms with Crippen LogP contribution in [0.5, 0.6) is 0 Å². The SMILES string of the molecule is Cn1cc(N2C3CCC2CC(N)C3)cn1. The summed E-state index contributed by atoms with van der Waals surface area (Å²) < 4.78 is 1.88. The summed E-state index contributed by atoms with van der Waals surface area (Å²) >= 11 is 0. The van der Waals surface area contributed by atoms with Crippen LogP contribution in [-0.4, -0.2) is 27.9 Å². The molecule has 2 atom stereocenters. The largest absolute Gasteiger partial charge is 0.363 e. The van der Waals surface area contributed by atoms with Crippen LogP contribution < -0.4 is 10.6 Å². The zero-order valence-electron chi connectivity index (χ0n) is 9.13. The van der Waals surface area contributed by atoms with Gasteiger partial charge in [0.15, 0.2) is 0 Å². The van der Waals surface area contributed by atoms with Crippen LogP contribution >= 0.6 is 0 Å². The summed E-state index contributed by atoms with van der Waals surface area (Å²) in [6, 6.07) is 1.72. The van der Waals surface area contributed by atoms with Gasteiger partial charge in [-0.3, -0.25) is 4.68 Å². The van der Waals surface area contributed by atoms with Gasteiger partial charge in [-0.2, -0.15) is 5.10 Å². The van der Waals surface area contributed by atoms with Crippen LogP contribution in [0.4, 0.5) is 5.69 Å². The maximum absolute atomic E-state index is 6.05. The molecule has 3 rings (SSSR count). The standard InChI is InChI=1S/C11H18N4/c1-14-7-11(6-13-14)15-9-2-3-10(15)5-8(12)4-9/h6-10H,2-5,12H2,1H3. The molecule has 2 unspecified atom stereocenters. The van der Waals surface area contributed by atoms with Crippen LogP contribution in [0.1, 0.15) is 25.7 Å². The Balaban J connectivity index is 1.88. The first-order valence-electron chi connectivity index (χ1n) is 5.76. The Morgan fingerprint density at radius 2 is 2.00 bits per heavy atom. The van der Waals surface area contributed by atoms with E-state index in [4.69, 9.17) is 5.73 Å². The summed E-state index contributed by atoms with van der Waals surface area (Å²) in [5, 5.41) is 4.25. The third-order valence-electron chi connectivity index (χ3n) is 3.76. The molecule has 2 N–H and O–H groups in total. The quantitative estimate of drug-likeness (QED) is 0.742. The van der Waals surface area contributed by atoms with Crippen molar-refractivity contribution in [3.05, 3.63) is 12.4 Å². The molecule has 0 aromatic carbocycles. The van der Waals surface area contributed by atoms with Gasteiger partial charge in [0.1, 0.15) is 0 Å². The number of aromatic nitrogens is 2. The highest BCUT2D eigenvalue weighted by molar-refractivity contribution is 5.47. The fraction of sp³-hybridized carbons (Fsp3) is 0.727. The van der Waals surface area contributed by atoms with Crippen molar-refractivity contribution in [3.63, 3.8) is 0 Å². The zero-order valence-corrected chi connectivity index (χ0v) is 9.13. The van der Waals surface area contributed by atoms with E-state index in [9.17, 15) is 0 Å². The molecular weight excluding hydrogens is 188 g/mol. The van der Waals surface area contributed by atoms with Gasteiger partial charge in [0.05, 0.1) is 11.9 Å². The number of aryl methyl sites for hydroxylation is 1. The van der Waals surface area contributed by atoms with Crippen molar-refractivity contribution >= 4 is 5.69 Å². The highest BCUT2D eigenvalue weighted by atomic mass is 15.3. The first-order valence-corrected chi connectivity index (χ1v) is 5.76. The summed E-state index contributed by atoms with van der Waals surface area (Å²) in [6.07, 6.45) is 8.97. The lowest BCUT2D eigenvalue weighted by atomic mass is 9.98. The first-order chi connectivity index (χ1) is 7.24. The van der Waals surface area contributed by atoms with Gasteiger partial charge in [-0.1, -0.05) is 0 Å². The van der Waals surface area contributed by atoms with Gasteiger partial charge in [0.25, 0.3) is 0 Å². The lowest BCUT2D eigenvalue weighted by molar-refractivity contribution is 0.414. The molecule has 15 heavy (non-hydrogen) atoms. The molecule has 2 saturated heterocycles. The Bertz CT molecular complexity index is 345. The molecule has 0 amide bonds. The molecule has 0 aliphatic carbocycles.